The van der Waals surface area contributed by atoms with E-state index in [1.807, 2.05) is 11.8 Å². The molecule has 0 fully saturated rings. The van der Waals surface area contributed by atoms with Gasteiger partial charge in [0, 0.05) is 15.9 Å². The highest BCUT2D eigenvalue weighted by Gasteiger charge is 2.19. The van der Waals surface area contributed by atoms with Crippen LogP contribution in [0.15, 0.2) is 21.6 Å². The van der Waals surface area contributed by atoms with Crippen LogP contribution in [-0.2, 0) is 0 Å². The van der Waals surface area contributed by atoms with Crippen LogP contribution >= 0.6 is 27.7 Å². The summed E-state index contributed by atoms with van der Waals surface area (Å²) in [5.41, 5.74) is 3.70. The lowest BCUT2D eigenvalue weighted by atomic mass is 10.0. The zero-order chi connectivity index (χ0) is 14.0. The van der Waals surface area contributed by atoms with E-state index in [0.29, 0.717) is 12.0 Å². The SMILES string of the molecule is Cc1cc(Br)cc(C)c1NC1=NC(C(C)C)CCS1. The van der Waals surface area contributed by atoms with Gasteiger partial charge in [-0.05, 0) is 49.4 Å². The van der Waals surface area contributed by atoms with Gasteiger partial charge in [0.15, 0.2) is 5.17 Å². The lowest BCUT2D eigenvalue weighted by molar-refractivity contribution is 0.485. The quantitative estimate of drug-likeness (QED) is 0.819. The molecule has 0 bridgehead atoms. The molecular formula is C15H21BrN2S. The number of nitrogens with one attached hydrogen (secondary N) is 1. The maximum atomic E-state index is 4.84. The molecule has 1 unspecified atom stereocenters. The minimum atomic E-state index is 0.458. The number of hydrogen-bond acceptors (Lipinski definition) is 3. The number of amidine groups is 1. The van der Waals surface area contributed by atoms with Crippen molar-refractivity contribution in [2.45, 2.75) is 40.2 Å². The van der Waals surface area contributed by atoms with E-state index >= 15 is 0 Å². The van der Waals surface area contributed by atoms with Crippen LogP contribution < -0.4 is 5.32 Å². The van der Waals surface area contributed by atoms with Crippen molar-refractivity contribution in [3.63, 3.8) is 0 Å². The third-order valence-corrected chi connectivity index (χ3v) is 4.81. The molecule has 0 radical (unpaired) electrons. The summed E-state index contributed by atoms with van der Waals surface area (Å²) in [6, 6.07) is 4.74. The molecule has 0 spiro atoms. The fraction of sp³-hybridized carbons (Fsp3) is 0.533. The smallest absolute Gasteiger partial charge is 0.161 e. The summed E-state index contributed by atoms with van der Waals surface area (Å²) in [5.74, 6) is 1.77. The van der Waals surface area contributed by atoms with Crippen LogP contribution in [0.25, 0.3) is 0 Å². The lowest BCUT2D eigenvalue weighted by Gasteiger charge is -2.24. The van der Waals surface area contributed by atoms with E-state index in [2.05, 4.69) is 61.1 Å². The molecule has 0 saturated carbocycles. The number of nitrogens with zero attached hydrogens (tertiary/aromatic N) is 1. The molecule has 0 saturated heterocycles. The number of halogens is 1. The van der Waals surface area contributed by atoms with E-state index in [1.54, 1.807) is 0 Å². The Kier molecular flexibility index (Phi) is 4.96. The van der Waals surface area contributed by atoms with Crippen LogP contribution in [0.3, 0.4) is 0 Å². The van der Waals surface area contributed by atoms with Crippen LogP contribution in [0.5, 0.6) is 0 Å². The number of aryl methyl sites for hydroxylation is 2. The Bertz CT molecular complexity index is 474. The zero-order valence-electron chi connectivity index (χ0n) is 12.0. The summed E-state index contributed by atoms with van der Waals surface area (Å²) >= 11 is 5.37. The zero-order valence-corrected chi connectivity index (χ0v) is 14.4. The molecule has 0 amide bonds. The van der Waals surface area contributed by atoms with Crippen molar-refractivity contribution >= 4 is 38.5 Å². The van der Waals surface area contributed by atoms with Crippen molar-refractivity contribution in [1.29, 1.82) is 0 Å². The van der Waals surface area contributed by atoms with E-state index < -0.39 is 0 Å². The van der Waals surface area contributed by atoms with E-state index in [9.17, 15) is 0 Å². The van der Waals surface area contributed by atoms with Crippen molar-refractivity contribution in [2.24, 2.45) is 10.9 Å². The normalized spacial score (nSPS) is 19.5. The number of anilines is 1. The predicted molar refractivity (Wildman–Crippen MR) is 90.4 cm³/mol. The number of rotatable bonds is 2. The van der Waals surface area contributed by atoms with Gasteiger partial charge in [0.05, 0.1) is 6.04 Å². The highest BCUT2D eigenvalue weighted by atomic mass is 79.9. The molecule has 1 N–H and O–H groups in total. The van der Waals surface area contributed by atoms with E-state index in [1.165, 1.54) is 23.2 Å². The van der Waals surface area contributed by atoms with Gasteiger partial charge in [0.2, 0.25) is 0 Å². The molecule has 1 aromatic carbocycles. The minimum absolute atomic E-state index is 0.458. The van der Waals surface area contributed by atoms with Gasteiger partial charge in [-0.3, -0.25) is 4.99 Å². The first-order valence-electron chi connectivity index (χ1n) is 6.71. The van der Waals surface area contributed by atoms with E-state index in [0.717, 1.165) is 15.4 Å². The summed E-state index contributed by atoms with van der Waals surface area (Å²) in [5, 5.41) is 4.59. The van der Waals surface area contributed by atoms with Gasteiger partial charge in [0.25, 0.3) is 0 Å². The molecule has 0 aliphatic carbocycles. The number of thioether (sulfide) groups is 1. The van der Waals surface area contributed by atoms with Gasteiger partial charge in [0.1, 0.15) is 0 Å². The topological polar surface area (TPSA) is 24.4 Å². The maximum absolute atomic E-state index is 4.84. The van der Waals surface area contributed by atoms with E-state index in [4.69, 9.17) is 4.99 Å². The summed E-state index contributed by atoms with van der Waals surface area (Å²) in [4.78, 5) is 4.84. The standard InChI is InChI=1S/C15H21BrN2S/c1-9(2)13-5-6-19-15(17-13)18-14-10(3)7-12(16)8-11(14)4/h7-9,13H,5-6H2,1-4H3,(H,17,18). The molecule has 4 heteroatoms. The Morgan fingerprint density at radius 2 is 1.95 bits per heavy atom. The molecule has 1 aromatic rings. The first kappa shape index (κ1) is 14.9. The van der Waals surface area contributed by atoms with Gasteiger partial charge in [-0.25, -0.2) is 0 Å². The molecule has 2 nitrogen and oxygen atoms in total. The third kappa shape index (κ3) is 3.76. The summed E-state index contributed by atoms with van der Waals surface area (Å²) in [7, 11) is 0. The molecule has 1 aliphatic heterocycles. The Morgan fingerprint density at radius 1 is 1.32 bits per heavy atom. The van der Waals surface area contributed by atoms with Crippen molar-refractivity contribution in [1.82, 2.24) is 0 Å². The average Bonchev–Trinajstić information content (AvgIpc) is 2.34. The number of benzene rings is 1. The second-order valence-corrected chi connectivity index (χ2v) is 7.42. The average molecular weight is 341 g/mol. The van der Waals surface area contributed by atoms with Crippen molar-refractivity contribution in [3.8, 4) is 0 Å². The van der Waals surface area contributed by atoms with Crippen LogP contribution in [0, 0.1) is 19.8 Å². The van der Waals surface area contributed by atoms with Gasteiger partial charge in [-0.15, -0.1) is 0 Å². The first-order valence-corrected chi connectivity index (χ1v) is 8.49. The van der Waals surface area contributed by atoms with Crippen molar-refractivity contribution < 1.29 is 0 Å². The summed E-state index contributed by atoms with van der Waals surface area (Å²) in [6.07, 6.45) is 1.19. The lowest BCUT2D eigenvalue weighted by Crippen LogP contribution is -2.24. The van der Waals surface area contributed by atoms with Crippen molar-refractivity contribution in [3.05, 3.63) is 27.7 Å². The highest BCUT2D eigenvalue weighted by molar-refractivity contribution is 9.10. The molecule has 1 heterocycles. The fourth-order valence-corrected chi connectivity index (χ4v) is 3.92. The molecule has 19 heavy (non-hydrogen) atoms. The van der Waals surface area contributed by atoms with Gasteiger partial charge < -0.3 is 5.32 Å². The molecule has 104 valence electrons. The highest BCUT2D eigenvalue weighted by Crippen LogP contribution is 2.28. The summed E-state index contributed by atoms with van der Waals surface area (Å²) in [6.45, 7) is 8.76. The third-order valence-electron chi connectivity index (χ3n) is 3.43. The van der Waals surface area contributed by atoms with Gasteiger partial charge in [-0.1, -0.05) is 41.5 Å². The molecule has 0 aromatic heterocycles. The first-order chi connectivity index (χ1) is 8.97. The predicted octanol–water partition coefficient (Wildman–Crippen LogP) is 5.00. The monoisotopic (exact) mass is 340 g/mol. The Balaban J connectivity index is 2.22. The van der Waals surface area contributed by atoms with Crippen LogP contribution in [-0.4, -0.2) is 17.0 Å². The largest absolute Gasteiger partial charge is 0.335 e. The van der Waals surface area contributed by atoms with Gasteiger partial charge in [-0.2, -0.15) is 0 Å². The second kappa shape index (κ2) is 6.31. The Hall–Kier alpha value is -0.480. The molecule has 1 atom stereocenters. The molecule has 1 aliphatic rings. The molecule has 2 rings (SSSR count). The number of aliphatic imine (C=N–C) groups is 1. The number of hydrogen-bond donors (Lipinski definition) is 1. The van der Waals surface area contributed by atoms with Crippen LogP contribution in [0.1, 0.15) is 31.4 Å². The maximum Gasteiger partial charge on any atom is 0.161 e. The van der Waals surface area contributed by atoms with Crippen molar-refractivity contribution in [2.75, 3.05) is 11.1 Å². The van der Waals surface area contributed by atoms with Crippen LogP contribution in [0.2, 0.25) is 0 Å². The minimum Gasteiger partial charge on any atom is -0.335 e. The fourth-order valence-electron chi connectivity index (χ4n) is 2.29. The Labute approximate surface area is 128 Å². The van der Waals surface area contributed by atoms with Gasteiger partial charge >= 0.3 is 0 Å². The summed E-state index contributed by atoms with van der Waals surface area (Å²) < 4.78 is 1.13. The Morgan fingerprint density at radius 3 is 2.53 bits per heavy atom. The van der Waals surface area contributed by atoms with E-state index in [-0.39, 0.29) is 0 Å². The second-order valence-electron chi connectivity index (χ2n) is 5.42. The molecular weight excluding hydrogens is 320 g/mol. The van der Waals surface area contributed by atoms with Crippen LogP contribution in [0.4, 0.5) is 5.69 Å².